The number of nitrogens with one attached hydrogen (secondary N) is 1. The van der Waals surface area contributed by atoms with E-state index in [1.165, 1.54) is 28.8 Å². The van der Waals surface area contributed by atoms with E-state index >= 15 is 0 Å². The third-order valence-electron chi connectivity index (χ3n) is 5.46. The molecule has 0 saturated carbocycles. The van der Waals surface area contributed by atoms with Crippen molar-refractivity contribution in [2.24, 2.45) is 5.92 Å². The quantitative estimate of drug-likeness (QED) is 0.746. The van der Waals surface area contributed by atoms with Gasteiger partial charge in [-0.3, -0.25) is 9.36 Å². The van der Waals surface area contributed by atoms with E-state index in [1.807, 2.05) is 9.47 Å². The van der Waals surface area contributed by atoms with E-state index in [1.54, 1.807) is 12.1 Å². The highest BCUT2D eigenvalue weighted by Gasteiger charge is 2.25. The summed E-state index contributed by atoms with van der Waals surface area (Å²) in [5, 5.41) is 9.40. The number of likely N-dealkylation sites (tertiary alicyclic amines) is 1. The second-order valence-corrected chi connectivity index (χ2v) is 8.75. The molecule has 6 nitrogen and oxygen atoms in total. The zero-order valence-electron chi connectivity index (χ0n) is 17.0. The predicted octanol–water partition coefficient (Wildman–Crippen LogP) is 1.96. The molecule has 1 saturated heterocycles. The Morgan fingerprint density at radius 1 is 1.25 bits per heavy atom. The average Bonchev–Trinajstić information content (AvgIpc) is 3.10. The van der Waals surface area contributed by atoms with Crippen molar-refractivity contribution in [3.63, 3.8) is 0 Å². The molecule has 1 fully saturated rings. The number of piperidine rings is 1. The predicted molar refractivity (Wildman–Crippen MR) is 108 cm³/mol. The summed E-state index contributed by atoms with van der Waals surface area (Å²) >= 11 is 1.39. The number of aromatic nitrogens is 3. The summed E-state index contributed by atoms with van der Waals surface area (Å²) in [4.78, 5) is 15.8. The van der Waals surface area contributed by atoms with Gasteiger partial charge in [0, 0.05) is 18.8 Å². The number of hydrogen-bond acceptors (Lipinski definition) is 4. The zero-order valence-corrected chi connectivity index (χ0v) is 17.8. The molecule has 2 heterocycles. The molecule has 1 aromatic carbocycles. The van der Waals surface area contributed by atoms with Crippen molar-refractivity contribution in [3.8, 4) is 5.69 Å². The lowest BCUT2D eigenvalue weighted by Gasteiger charge is -2.30. The summed E-state index contributed by atoms with van der Waals surface area (Å²) in [6.45, 7) is 5.97. The summed E-state index contributed by atoms with van der Waals surface area (Å²) in [7, 11) is 4.12. The molecule has 0 radical (unpaired) electrons. The molecule has 0 bridgehead atoms. The summed E-state index contributed by atoms with van der Waals surface area (Å²) < 4.78 is 15.3. The van der Waals surface area contributed by atoms with Crippen LogP contribution in [0.1, 0.15) is 38.6 Å². The van der Waals surface area contributed by atoms with Crippen LogP contribution in [-0.2, 0) is 4.79 Å². The lowest BCUT2D eigenvalue weighted by molar-refractivity contribution is -0.890. The standard InChI is InChI=1S/C20H28FN5OS/c1-14-9-11-25(12-10-14)18(27)13-28-20-23-22-19(15(2)24(3)4)26(20)17-7-5-16(21)6-8-17/h5-8,14-15H,9-13H2,1-4H3/p+1/t15-/m1/s1. The maximum atomic E-state index is 13.4. The number of hydrogen-bond donors (Lipinski definition) is 1. The Morgan fingerprint density at radius 3 is 2.50 bits per heavy atom. The maximum Gasteiger partial charge on any atom is 0.233 e. The van der Waals surface area contributed by atoms with Crippen LogP contribution in [0.3, 0.4) is 0 Å². The molecule has 0 unspecified atom stereocenters. The van der Waals surface area contributed by atoms with Crippen molar-refractivity contribution in [2.45, 2.75) is 37.9 Å². The van der Waals surface area contributed by atoms with Gasteiger partial charge in [-0.2, -0.15) is 0 Å². The van der Waals surface area contributed by atoms with Gasteiger partial charge in [0.25, 0.3) is 0 Å². The molecule has 1 amide bonds. The van der Waals surface area contributed by atoms with Gasteiger partial charge in [0.2, 0.25) is 5.91 Å². The van der Waals surface area contributed by atoms with Gasteiger partial charge in [0.15, 0.2) is 11.0 Å². The molecular formula is C20H29FN5OS+. The van der Waals surface area contributed by atoms with E-state index < -0.39 is 0 Å². The maximum absolute atomic E-state index is 13.4. The molecular weight excluding hydrogens is 377 g/mol. The second-order valence-electron chi connectivity index (χ2n) is 7.80. The smallest absolute Gasteiger partial charge is 0.233 e. The van der Waals surface area contributed by atoms with Crippen LogP contribution in [0, 0.1) is 11.7 Å². The molecule has 152 valence electrons. The number of benzene rings is 1. The Hall–Kier alpha value is -1.93. The van der Waals surface area contributed by atoms with Crippen LogP contribution >= 0.6 is 11.8 Å². The normalized spacial score (nSPS) is 16.6. The summed E-state index contributed by atoms with van der Waals surface area (Å²) in [5.74, 6) is 1.67. The van der Waals surface area contributed by atoms with E-state index in [0.717, 1.165) is 37.4 Å². The van der Waals surface area contributed by atoms with Crippen LogP contribution in [0.2, 0.25) is 0 Å². The number of quaternary nitrogens is 1. The molecule has 1 N–H and O–H groups in total. The lowest BCUT2D eigenvalue weighted by Crippen LogP contribution is -3.05. The van der Waals surface area contributed by atoms with Crippen molar-refractivity contribution in [1.82, 2.24) is 19.7 Å². The number of amides is 1. The molecule has 1 aliphatic heterocycles. The number of carbonyl (C=O) groups is 1. The van der Waals surface area contributed by atoms with Crippen molar-refractivity contribution in [3.05, 3.63) is 35.9 Å². The zero-order chi connectivity index (χ0) is 20.3. The molecule has 1 aromatic heterocycles. The first-order valence-corrected chi connectivity index (χ1v) is 10.8. The first-order chi connectivity index (χ1) is 13.4. The van der Waals surface area contributed by atoms with Gasteiger partial charge in [-0.05, 0) is 49.9 Å². The number of rotatable bonds is 6. The van der Waals surface area contributed by atoms with E-state index in [9.17, 15) is 9.18 Å². The number of carbonyl (C=O) groups excluding carboxylic acids is 1. The molecule has 8 heteroatoms. The van der Waals surface area contributed by atoms with Gasteiger partial charge in [-0.25, -0.2) is 4.39 Å². The molecule has 0 spiro atoms. The molecule has 1 aliphatic rings. The number of nitrogens with zero attached hydrogens (tertiary/aromatic N) is 4. The minimum absolute atomic E-state index is 0.103. The van der Waals surface area contributed by atoms with Crippen molar-refractivity contribution >= 4 is 17.7 Å². The van der Waals surface area contributed by atoms with Gasteiger partial charge in [-0.15, -0.1) is 10.2 Å². The van der Waals surface area contributed by atoms with Crippen LogP contribution in [0.15, 0.2) is 29.4 Å². The second kappa shape index (κ2) is 9.05. The monoisotopic (exact) mass is 406 g/mol. The fourth-order valence-corrected chi connectivity index (χ4v) is 4.08. The fourth-order valence-electron chi connectivity index (χ4n) is 3.22. The highest BCUT2D eigenvalue weighted by Crippen LogP contribution is 2.25. The average molecular weight is 407 g/mol. The SMILES string of the molecule is CC1CCN(C(=O)CSc2nnc([C@@H](C)[NH+](C)C)n2-c2ccc(F)cc2)CC1. The third-order valence-corrected chi connectivity index (χ3v) is 6.37. The third kappa shape index (κ3) is 4.72. The molecule has 3 rings (SSSR count). The molecule has 0 aliphatic carbocycles. The van der Waals surface area contributed by atoms with Crippen LogP contribution in [0.4, 0.5) is 4.39 Å². The minimum Gasteiger partial charge on any atom is -0.342 e. The Balaban J connectivity index is 1.80. The number of thioether (sulfide) groups is 1. The van der Waals surface area contributed by atoms with Crippen molar-refractivity contribution in [1.29, 1.82) is 0 Å². The summed E-state index contributed by atoms with van der Waals surface area (Å²) in [5.41, 5.74) is 0.802. The van der Waals surface area contributed by atoms with E-state index in [4.69, 9.17) is 0 Å². The Morgan fingerprint density at radius 2 is 1.89 bits per heavy atom. The van der Waals surface area contributed by atoms with E-state index in [-0.39, 0.29) is 17.8 Å². The Kier molecular flexibility index (Phi) is 6.72. The summed E-state index contributed by atoms with van der Waals surface area (Å²) in [6.07, 6.45) is 2.13. The van der Waals surface area contributed by atoms with Gasteiger partial charge < -0.3 is 9.80 Å². The highest BCUT2D eigenvalue weighted by atomic mass is 32.2. The van der Waals surface area contributed by atoms with Gasteiger partial charge in [0.05, 0.1) is 19.8 Å². The van der Waals surface area contributed by atoms with Crippen molar-refractivity contribution < 1.29 is 14.1 Å². The van der Waals surface area contributed by atoms with Crippen molar-refractivity contribution in [2.75, 3.05) is 32.9 Å². The van der Waals surface area contributed by atoms with Crippen LogP contribution in [0.25, 0.3) is 5.69 Å². The molecule has 28 heavy (non-hydrogen) atoms. The fraction of sp³-hybridized carbons (Fsp3) is 0.550. The summed E-state index contributed by atoms with van der Waals surface area (Å²) in [6, 6.07) is 6.41. The molecule has 1 atom stereocenters. The van der Waals surface area contributed by atoms with Crippen LogP contribution in [-0.4, -0.2) is 58.5 Å². The van der Waals surface area contributed by atoms with E-state index in [0.29, 0.717) is 16.8 Å². The van der Waals surface area contributed by atoms with Crippen LogP contribution in [0.5, 0.6) is 0 Å². The number of halogens is 1. The largest absolute Gasteiger partial charge is 0.342 e. The topological polar surface area (TPSA) is 55.5 Å². The lowest BCUT2D eigenvalue weighted by atomic mass is 9.99. The minimum atomic E-state index is -0.284. The van der Waals surface area contributed by atoms with Gasteiger partial charge >= 0.3 is 0 Å². The first kappa shape index (κ1) is 20.8. The molecule has 2 aromatic rings. The van der Waals surface area contributed by atoms with E-state index in [2.05, 4.69) is 38.1 Å². The first-order valence-electron chi connectivity index (χ1n) is 9.78. The van der Waals surface area contributed by atoms with Gasteiger partial charge in [-0.1, -0.05) is 18.7 Å². The highest BCUT2D eigenvalue weighted by molar-refractivity contribution is 7.99. The Labute approximate surface area is 170 Å². The Bertz CT molecular complexity index is 799. The van der Waals surface area contributed by atoms with Crippen LogP contribution < -0.4 is 4.90 Å². The van der Waals surface area contributed by atoms with Gasteiger partial charge in [0.1, 0.15) is 11.9 Å².